The van der Waals surface area contributed by atoms with Gasteiger partial charge in [0.1, 0.15) is 5.82 Å². The van der Waals surface area contributed by atoms with Crippen molar-refractivity contribution in [1.29, 1.82) is 0 Å². The molecule has 0 radical (unpaired) electrons. The van der Waals surface area contributed by atoms with Crippen LogP contribution in [0.4, 0.5) is 4.39 Å². The fraction of sp³-hybridized carbons (Fsp3) is 0.368. The van der Waals surface area contributed by atoms with Crippen LogP contribution in [0.5, 0.6) is 0 Å². The van der Waals surface area contributed by atoms with E-state index in [0.717, 1.165) is 50.4 Å². The quantitative estimate of drug-likeness (QED) is 0.269. The molecular formula is C19H26FIN4O. The van der Waals surface area contributed by atoms with Gasteiger partial charge in [0.2, 0.25) is 5.56 Å². The summed E-state index contributed by atoms with van der Waals surface area (Å²) in [6, 6.07) is 11.7. The first-order chi connectivity index (χ1) is 12.2. The van der Waals surface area contributed by atoms with Gasteiger partial charge in [-0.25, -0.2) is 4.39 Å². The zero-order valence-corrected chi connectivity index (χ0v) is 17.3. The topological polar surface area (TPSA) is 58.4 Å². The summed E-state index contributed by atoms with van der Waals surface area (Å²) in [5.41, 5.74) is 1.12. The van der Waals surface area contributed by atoms with Crippen LogP contribution in [0.25, 0.3) is 0 Å². The summed E-state index contributed by atoms with van der Waals surface area (Å²) in [5.74, 6) is 0.533. The van der Waals surface area contributed by atoms with E-state index in [1.807, 2.05) is 12.3 Å². The maximum absolute atomic E-state index is 12.9. The lowest BCUT2D eigenvalue weighted by Gasteiger charge is -2.12. The van der Waals surface area contributed by atoms with E-state index < -0.39 is 0 Å². The van der Waals surface area contributed by atoms with Crippen LogP contribution in [0.2, 0.25) is 0 Å². The fourth-order valence-electron chi connectivity index (χ4n) is 2.46. The Hall–Kier alpha value is -1.90. The number of aliphatic imine (C=N–C) groups is 1. The second kappa shape index (κ2) is 12.5. The SMILES string of the molecule is CN=C(NCCCCn1ccccc1=O)NCCc1ccc(F)cc1.I. The van der Waals surface area contributed by atoms with Crippen LogP contribution in [0.3, 0.4) is 0 Å². The number of nitrogens with zero attached hydrogens (tertiary/aromatic N) is 2. The monoisotopic (exact) mass is 472 g/mol. The smallest absolute Gasteiger partial charge is 0.250 e. The molecule has 142 valence electrons. The van der Waals surface area contributed by atoms with Crippen LogP contribution < -0.4 is 16.2 Å². The van der Waals surface area contributed by atoms with E-state index in [1.54, 1.807) is 35.9 Å². The third-order valence-electron chi connectivity index (χ3n) is 3.86. The molecule has 5 nitrogen and oxygen atoms in total. The second-order valence-electron chi connectivity index (χ2n) is 5.74. The van der Waals surface area contributed by atoms with Crippen molar-refractivity contribution in [1.82, 2.24) is 15.2 Å². The van der Waals surface area contributed by atoms with Crippen molar-refractivity contribution < 1.29 is 4.39 Å². The number of aromatic nitrogens is 1. The average Bonchev–Trinajstić information content (AvgIpc) is 2.63. The molecule has 0 saturated carbocycles. The molecule has 0 aliphatic heterocycles. The number of unbranched alkanes of at least 4 members (excludes halogenated alkanes) is 1. The summed E-state index contributed by atoms with van der Waals surface area (Å²) >= 11 is 0. The molecule has 7 heteroatoms. The molecule has 0 fully saturated rings. The van der Waals surface area contributed by atoms with Gasteiger partial charge in [0.15, 0.2) is 5.96 Å². The van der Waals surface area contributed by atoms with Gasteiger partial charge in [-0.05, 0) is 43.0 Å². The summed E-state index contributed by atoms with van der Waals surface area (Å²) in [6.07, 6.45) is 4.48. The van der Waals surface area contributed by atoms with Crippen molar-refractivity contribution in [2.45, 2.75) is 25.8 Å². The van der Waals surface area contributed by atoms with Crippen LogP contribution >= 0.6 is 24.0 Å². The molecule has 0 spiro atoms. The summed E-state index contributed by atoms with van der Waals surface area (Å²) in [4.78, 5) is 15.8. The third kappa shape index (κ3) is 7.99. The Bertz CT molecular complexity index is 731. The number of halogens is 2. The Morgan fingerprint density at radius 1 is 1.08 bits per heavy atom. The molecular weight excluding hydrogens is 446 g/mol. The minimum absolute atomic E-state index is 0. The van der Waals surface area contributed by atoms with Gasteiger partial charge in [-0.2, -0.15) is 0 Å². The Morgan fingerprint density at radius 3 is 2.50 bits per heavy atom. The molecule has 1 aromatic carbocycles. The maximum Gasteiger partial charge on any atom is 0.250 e. The highest BCUT2D eigenvalue weighted by Gasteiger charge is 1.99. The van der Waals surface area contributed by atoms with Crippen LogP contribution in [0, 0.1) is 5.82 Å². The number of rotatable bonds is 8. The average molecular weight is 472 g/mol. The highest BCUT2D eigenvalue weighted by molar-refractivity contribution is 14.0. The lowest BCUT2D eigenvalue weighted by Crippen LogP contribution is -2.38. The highest BCUT2D eigenvalue weighted by atomic mass is 127. The van der Waals surface area contributed by atoms with E-state index in [0.29, 0.717) is 0 Å². The molecule has 0 saturated heterocycles. The number of nitrogens with one attached hydrogen (secondary N) is 2. The van der Waals surface area contributed by atoms with E-state index in [9.17, 15) is 9.18 Å². The number of aryl methyl sites for hydroxylation is 1. The van der Waals surface area contributed by atoms with Gasteiger partial charge in [0, 0.05) is 38.9 Å². The van der Waals surface area contributed by atoms with Crippen molar-refractivity contribution in [2.75, 3.05) is 20.1 Å². The number of benzene rings is 1. The number of hydrogen-bond acceptors (Lipinski definition) is 2. The van der Waals surface area contributed by atoms with E-state index >= 15 is 0 Å². The Labute approximate surface area is 170 Å². The van der Waals surface area contributed by atoms with Crippen molar-refractivity contribution in [2.24, 2.45) is 4.99 Å². The van der Waals surface area contributed by atoms with E-state index in [-0.39, 0.29) is 35.4 Å². The summed E-state index contributed by atoms with van der Waals surface area (Å²) < 4.78 is 14.6. The Balaban J connectivity index is 0.00000338. The summed E-state index contributed by atoms with van der Waals surface area (Å²) in [6.45, 7) is 2.24. The minimum atomic E-state index is -0.216. The lowest BCUT2D eigenvalue weighted by molar-refractivity contribution is 0.585. The second-order valence-corrected chi connectivity index (χ2v) is 5.74. The van der Waals surface area contributed by atoms with Gasteiger partial charge >= 0.3 is 0 Å². The largest absolute Gasteiger partial charge is 0.356 e. The Morgan fingerprint density at radius 2 is 1.81 bits per heavy atom. The van der Waals surface area contributed by atoms with Gasteiger partial charge < -0.3 is 15.2 Å². The number of hydrogen-bond donors (Lipinski definition) is 2. The highest BCUT2D eigenvalue weighted by Crippen LogP contribution is 2.02. The van der Waals surface area contributed by atoms with Gasteiger partial charge in [0.05, 0.1) is 0 Å². The normalized spacial score (nSPS) is 10.9. The lowest BCUT2D eigenvalue weighted by atomic mass is 10.1. The molecule has 2 N–H and O–H groups in total. The summed E-state index contributed by atoms with van der Waals surface area (Å²) in [7, 11) is 1.73. The molecule has 1 heterocycles. The molecule has 2 aromatic rings. The molecule has 0 aliphatic carbocycles. The molecule has 2 rings (SSSR count). The van der Waals surface area contributed by atoms with Crippen molar-refractivity contribution in [3.63, 3.8) is 0 Å². The molecule has 0 unspecified atom stereocenters. The van der Waals surface area contributed by atoms with Gasteiger partial charge in [-0.1, -0.05) is 18.2 Å². The molecule has 0 bridgehead atoms. The van der Waals surface area contributed by atoms with E-state index in [4.69, 9.17) is 0 Å². The first-order valence-electron chi connectivity index (χ1n) is 8.53. The zero-order chi connectivity index (χ0) is 17.9. The molecule has 0 amide bonds. The third-order valence-corrected chi connectivity index (χ3v) is 3.86. The molecule has 0 aliphatic rings. The number of pyridine rings is 1. The predicted molar refractivity (Wildman–Crippen MR) is 115 cm³/mol. The standard InChI is InChI=1S/C19H25FN4O.HI/c1-21-19(23-13-11-16-7-9-17(20)10-8-16)22-12-3-5-15-24-14-4-2-6-18(24)25;/h2,4,6-10,14H,3,5,11-13,15H2,1H3,(H2,21,22,23);1H. The van der Waals surface area contributed by atoms with Crippen LogP contribution in [-0.4, -0.2) is 30.7 Å². The molecule has 1 aromatic heterocycles. The van der Waals surface area contributed by atoms with Crippen molar-refractivity contribution in [3.8, 4) is 0 Å². The van der Waals surface area contributed by atoms with E-state index in [2.05, 4.69) is 15.6 Å². The minimum Gasteiger partial charge on any atom is -0.356 e. The predicted octanol–water partition coefficient (Wildman–Crippen LogP) is 2.79. The Kier molecular flexibility index (Phi) is 10.6. The number of guanidine groups is 1. The zero-order valence-electron chi connectivity index (χ0n) is 15.0. The molecule has 0 atom stereocenters. The van der Waals surface area contributed by atoms with Gasteiger partial charge in [0.25, 0.3) is 0 Å². The maximum atomic E-state index is 12.9. The first kappa shape index (κ1) is 22.1. The molecule has 26 heavy (non-hydrogen) atoms. The van der Waals surface area contributed by atoms with E-state index in [1.165, 1.54) is 12.1 Å². The van der Waals surface area contributed by atoms with Crippen molar-refractivity contribution in [3.05, 3.63) is 70.4 Å². The first-order valence-corrected chi connectivity index (χ1v) is 8.53. The van der Waals surface area contributed by atoms with Crippen LogP contribution in [0.1, 0.15) is 18.4 Å². The fourth-order valence-corrected chi connectivity index (χ4v) is 2.46. The van der Waals surface area contributed by atoms with Crippen LogP contribution in [0.15, 0.2) is 58.4 Å². The van der Waals surface area contributed by atoms with Gasteiger partial charge in [-0.15, -0.1) is 24.0 Å². The van der Waals surface area contributed by atoms with Crippen LogP contribution in [-0.2, 0) is 13.0 Å². The summed E-state index contributed by atoms with van der Waals surface area (Å²) in [5, 5.41) is 6.50. The van der Waals surface area contributed by atoms with Gasteiger partial charge in [-0.3, -0.25) is 9.79 Å². The van der Waals surface area contributed by atoms with Crippen molar-refractivity contribution >= 4 is 29.9 Å².